The minimum absolute atomic E-state index is 0.754. The molecule has 0 fully saturated rings. The van der Waals surface area contributed by atoms with Crippen molar-refractivity contribution in [3.8, 4) is 0 Å². The lowest BCUT2D eigenvalue weighted by Gasteiger charge is -2.03. The van der Waals surface area contributed by atoms with Crippen molar-refractivity contribution in [1.29, 1.82) is 0 Å². The van der Waals surface area contributed by atoms with Crippen LogP contribution in [0.2, 0.25) is 0 Å². The van der Waals surface area contributed by atoms with Crippen molar-refractivity contribution >= 4 is 47.0 Å². The standard InChI is InChI=1S/2C15H13N5S2/c2*1-4-12(10-21-14-16-6-2-7-17-14)20-13(5-1)11-22-15-18-8-3-9-19-15/h2*1-9H,10-11H2. The van der Waals surface area contributed by atoms with Crippen molar-refractivity contribution in [3.63, 3.8) is 0 Å². The average molecular weight is 655 g/mol. The fourth-order valence-electron chi connectivity index (χ4n) is 3.37. The van der Waals surface area contributed by atoms with Gasteiger partial charge in [0.25, 0.3) is 0 Å². The molecule has 0 aliphatic carbocycles. The molecule has 6 rings (SSSR count). The predicted molar refractivity (Wildman–Crippen MR) is 175 cm³/mol. The zero-order valence-corrected chi connectivity index (χ0v) is 26.6. The highest BCUT2D eigenvalue weighted by Crippen LogP contribution is 2.22. The molecule has 0 bridgehead atoms. The van der Waals surface area contributed by atoms with E-state index in [1.165, 1.54) is 0 Å². The summed E-state index contributed by atoms with van der Waals surface area (Å²) >= 11 is 6.32. The van der Waals surface area contributed by atoms with Crippen LogP contribution in [0.3, 0.4) is 0 Å². The summed E-state index contributed by atoms with van der Waals surface area (Å²) < 4.78 is 0. The number of rotatable bonds is 12. The molecule has 0 aliphatic heterocycles. The third kappa shape index (κ3) is 11.3. The molecule has 0 aliphatic rings. The number of nitrogens with zero attached hydrogens (tertiary/aromatic N) is 10. The van der Waals surface area contributed by atoms with Crippen LogP contribution in [-0.4, -0.2) is 49.8 Å². The topological polar surface area (TPSA) is 129 Å². The monoisotopic (exact) mass is 654 g/mol. The first kappa shape index (κ1) is 31.4. The first-order valence-corrected chi connectivity index (χ1v) is 17.2. The summed E-state index contributed by atoms with van der Waals surface area (Å²) in [5, 5.41) is 3.06. The highest BCUT2D eigenvalue weighted by Gasteiger charge is 2.05. The van der Waals surface area contributed by atoms with E-state index in [0.717, 1.165) is 66.4 Å². The van der Waals surface area contributed by atoms with Crippen LogP contribution in [0.4, 0.5) is 0 Å². The second-order valence-electron chi connectivity index (χ2n) is 8.52. The Morgan fingerprint density at radius 2 is 0.545 bits per heavy atom. The van der Waals surface area contributed by atoms with E-state index in [9.17, 15) is 0 Å². The summed E-state index contributed by atoms with van der Waals surface area (Å²) in [6, 6.07) is 19.4. The SMILES string of the molecule is c1cnc(SCc2cccc(CSc3ncccn3)n2)nc1.c1cnc(SCc2cccc(CSc3ncccn3)n2)nc1. The van der Waals surface area contributed by atoms with Gasteiger partial charge in [0.1, 0.15) is 0 Å². The van der Waals surface area contributed by atoms with E-state index in [1.807, 2.05) is 60.7 Å². The molecule has 0 amide bonds. The van der Waals surface area contributed by atoms with Gasteiger partial charge in [-0.3, -0.25) is 9.97 Å². The Kier molecular flexibility index (Phi) is 12.8. The van der Waals surface area contributed by atoms with Gasteiger partial charge >= 0.3 is 0 Å². The smallest absolute Gasteiger partial charge is 0.187 e. The Balaban J connectivity index is 0.000000175. The molecule has 0 aromatic carbocycles. The normalized spacial score (nSPS) is 10.5. The van der Waals surface area contributed by atoms with Crippen molar-refractivity contribution < 1.29 is 0 Å². The Labute approximate surface area is 272 Å². The third-order valence-corrected chi connectivity index (χ3v) is 8.93. The van der Waals surface area contributed by atoms with E-state index in [1.54, 1.807) is 96.6 Å². The van der Waals surface area contributed by atoms with E-state index in [2.05, 4.69) is 49.8 Å². The molecule has 0 saturated heterocycles. The van der Waals surface area contributed by atoms with E-state index in [4.69, 9.17) is 0 Å². The molecular weight excluding hydrogens is 629 g/mol. The van der Waals surface area contributed by atoms with E-state index >= 15 is 0 Å². The van der Waals surface area contributed by atoms with E-state index in [0.29, 0.717) is 0 Å². The minimum Gasteiger partial charge on any atom is -0.256 e. The molecule has 6 heterocycles. The maximum atomic E-state index is 4.65. The molecular formula is C30H26N10S4. The quantitative estimate of drug-likeness (QED) is 0.105. The average Bonchev–Trinajstić information content (AvgIpc) is 3.10. The minimum atomic E-state index is 0.754. The number of hydrogen-bond acceptors (Lipinski definition) is 14. The van der Waals surface area contributed by atoms with E-state index in [-0.39, 0.29) is 0 Å². The number of pyridine rings is 2. The molecule has 10 nitrogen and oxygen atoms in total. The van der Waals surface area contributed by atoms with Gasteiger partial charge in [0.05, 0.1) is 22.8 Å². The molecule has 0 spiro atoms. The number of aromatic nitrogens is 10. The maximum absolute atomic E-state index is 4.65. The van der Waals surface area contributed by atoms with Crippen molar-refractivity contribution in [2.24, 2.45) is 0 Å². The molecule has 6 aromatic rings. The van der Waals surface area contributed by atoms with Gasteiger partial charge in [-0.25, -0.2) is 39.9 Å². The largest absolute Gasteiger partial charge is 0.256 e. The van der Waals surface area contributed by atoms with Crippen LogP contribution in [-0.2, 0) is 23.0 Å². The zero-order valence-electron chi connectivity index (χ0n) is 23.3. The van der Waals surface area contributed by atoms with E-state index < -0.39 is 0 Å². The van der Waals surface area contributed by atoms with Crippen LogP contribution in [0, 0.1) is 0 Å². The highest BCUT2D eigenvalue weighted by molar-refractivity contribution is 7.99. The molecule has 220 valence electrons. The molecule has 44 heavy (non-hydrogen) atoms. The van der Waals surface area contributed by atoms with Crippen molar-refractivity contribution in [2.45, 2.75) is 43.6 Å². The lowest BCUT2D eigenvalue weighted by Crippen LogP contribution is -1.94. The maximum Gasteiger partial charge on any atom is 0.187 e. The fraction of sp³-hybridized carbons (Fsp3) is 0.133. The first-order valence-electron chi connectivity index (χ1n) is 13.3. The van der Waals surface area contributed by atoms with Crippen LogP contribution in [0.1, 0.15) is 22.8 Å². The Hall–Kier alpha value is -3.98. The van der Waals surface area contributed by atoms with Crippen molar-refractivity contribution in [2.75, 3.05) is 0 Å². The van der Waals surface area contributed by atoms with Crippen LogP contribution < -0.4 is 0 Å². The summed E-state index contributed by atoms with van der Waals surface area (Å²) in [5.41, 5.74) is 4.07. The van der Waals surface area contributed by atoms with Crippen molar-refractivity contribution in [1.82, 2.24) is 49.8 Å². The van der Waals surface area contributed by atoms with Gasteiger partial charge in [-0.2, -0.15) is 0 Å². The Morgan fingerprint density at radius 1 is 0.318 bits per heavy atom. The Morgan fingerprint density at radius 3 is 0.773 bits per heavy atom. The summed E-state index contributed by atoms with van der Waals surface area (Å²) in [6.07, 6.45) is 14.0. The van der Waals surface area contributed by atoms with Gasteiger partial charge < -0.3 is 0 Å². The number of thioether (sulfide) groups is 4. The van der Waals surface area contributed by atoms with Crippen LogP contribution in [0.5, 0.6) is 0 Å². The van der Waals surface area contributed by atoms with Gasteiger partial charge in [0, 0.05) is 72.6 Å². The fourth-order valence-corrected chi connectivity index (χ4v) is 6.21. The first-order chi connectivity index (χ1) is 21.8. The molecule has 0 unspecified atom stereocenters. The summed E-state index contributed by atoms with van der Waals surface area (Å²) in [6.45, 7) is 0. The van der Waals surface area contributed by atoms with Gasteiger partial charge in [-0.15, -0.1) is 0 Å². The van der Waals surface area contributed by atoms with Crippen LogP contribution >= 0.6 is 47.0 Å². The molecule has 6 aromatic heterocycles. The molecule has 14 heteroatoms. The second-order valence-corrected chi connectivity index (χ2v) is 12.3. The molecule has 0 atom stereocenters. The van der Waals surface area contributed by atoms with Gasteiger partial charge in [-0.1, -0.05) is 59.2 Å². The number of hydrogen-bond donors (Lipinski definition) is 0. The molecule has 0 radical (unpaired) electrons. The molecule has 0 N–H and O–H groups in total. The second kappa shape index (κ2) is 18.0. The van der Waals surface area contributed by atoms with Gasteiger partial charge in [0.15, 0.2) is 20.6 Å². The zero-order chi connectivity index (χ0) is 30.1. The lowest BCUT2D eigenvalue weighted by atomic mass is 10.3. The van der Waals surface area contributed by atoms with Crippen LogP contribution in [0.15, 0.2) is 131 Å². The summed E-state index contributed by atoms with van der Waals surface area (Å²) in [4.78, 5) is 42.9. The lowest BCUT2D eigenvalue weighted by molar-refractivity contribution is 0.960. The van der Waals surface area contributed by atoms with Gasteiger partial charge in [-0.05, 0) is 48.5 Å². The summed E-state index contributed by atoms with van der Waals surface area (Å²) in [7, 11) is 0. The Bertz CT molecular complexity index is 1430. The molecule has 0 saturated carbocycles. The highest BCUT2D eigenvalue weighted by atomic mass is 32.2. The summed E-state index contributed by atoms with van der Waals surface area (Å²) in [5.74, 6) is 3.02. The van der Waals surface area contributed by atoms with Crippen LogP contribution in [0.25, 0.3) is 0 Å². The van der Waals surface area contributed by atoms with Gasteiger partial charge in [0.2, 0.25) is 0 Å². The van der Waals surface area contributed by atoms with Crippen molar-refractivity contribution in [3.05, 3.63) is 133 Å². The predicted octanol–water partition coefficient (Wildman–Crippen LogP) is 6.49. The third-order valence-electron chi connectivity index (χ3n) is 5.29.